The first-order valence-electron chi connectivity index (χ1n) is 8.90. The number of carbonyl (C=O) groups excluding carboxylic acids is 1. The SMILES string of the molecule is COc1ccc(C(=O)O[C@@H]2C[C@]3(C)CC[C@H]2C(C)(C)N3C)cc1OC. The van der Waals surface area contributed by atoms with Gasteiger partial charge in [-0.2, -0.15) is 0 Å². The van der Waals surface area contributed by atoms with Crippen LogP contribution in [0.15, 0.2) is 18.2 Å². The molecule has 5 nitrogen and oxygen atoms in total. The first-order valence-corrected chi connectivity index (χ1v) is 8.90. The van der Waals surface area contributed by atoms with Crippen LogP contribution in [0.25, 0.3) is 0 Å². The number of nitrogens with zero attached hydrogens (tertiary/aromatic N) is 1. The average molecular weight is 347 g/mol. The summed E-state index contributed by atoms with van der Waals surface area (Å²) in [6.45, 7) is 6.79. The van der Waals surface area contributed by atoms with Gasteiger partial charge in [-0.25, -0.2) is 4.79 Å². The van der Waals surface area contributed by atoms with Crippen molar-refractivity contribution in [2.24, 2.45) is 5.92 Å². The van der Waals surface area contributed by atoms with Gasteiger partial charge < -0.3 is 14.2 Å². The zero-order chi connectivity index (χ0) is 18.4. The molecule has 0 aromatic heterocycles. The van der Waals surface area contributed by atoms with Crippen LogP contribution in [0.3, 0.4) is 0 Å². The molecular formula is C20H29NO4. The van der Waals surface area contributed by atoms with E-state index in [9.17, 15) is 4.79 Å². The normalized spacial score (nSPS) is 30.8. The van der Waals surface area contributed by atoms with Crippen LogP contribution < -0.4 is 9.47 Å². The van der Waals surface area contributed by atoms with Crippen molar-refractivity contribution in [1.29, 1.82) is 0 Å². The van der Waals surface area contributed by atoms with E-state index in [2.05, 4.69) is 32.7 Å². The molecule has 1 aromatic carbocycles. The number of esters is 1. The summed E-state index contributed by atoms with van der Waals surface area (Å²) in [7, 11) is 5.33. The molecule has 1 aromatic rings. The van der Waals surface area contributed by atoms with Crippen LogP contribution in [0, 0.1) is 5.92 Å². The molecule has 25 heavy (non-hydrogen) atoms. The van der Waals surface area contributed by atoms with E-state index in [1.54, 1.807) is 32.4 Å². The van der Waals surface area contributed by atoms with Crippen molar-refractivity contribution < 1.29 is 19.0 Å². The van der Waals surface area contributed by atoms with E-state index in [4.69, 9.17) is 14.2 Å². The Morgan fingerprint density at radius 1 is 1.16 bits per heavy atom. The van der Waals surface area contributed by atoms with Gasteiger partial charge in [-0.05, 0) is 58.9 Å². The number of carbonyl (C=O) groups is 1. The quantitative estimate of drug-likeness (QED) is 0.780. The fraction of sp³-hybridized carbons (Fsp3) is 0.650. The van der Waals surface area contributed by atoms with Gasteiger partial charge in [0, 0.05) is 23.4 Å². The lowest BCUT2D eigenvalue weighted by atomic mass is 9.61. The molecule has 2 heterocycles. The van der Waals surface area contributed by atoms with Gasteiger partial charge in [-0.1, -0.05) is 0 Å². The number of rotatable bonds is 4. The molecular weight excluding hydrogens is 318 g/mol. The summed E-state index contributed by atoms with van der Waals surface area (Å²) in [6.07, 6.45) is 3.08. The molecule has 2 bridgehead atoms. The Hall–Kier alpha value is -1.75. The first kappa shape index (κ1) is 18.1. The van der Waals surface area contributed by atoms with Crippen LogP contribution in [-0.4, -0.2) is 49.3 Å². The van der Waals surface area contributed by atoms with Crippen LogP contribution in [0.5, 0.6) is 11.5 Å². The second kappa shape index (κ2) is 6.20. The lowest BCUT2D eigenvalue weighted by Crippen LogP contribution is -2.70. The highest BCUT2D eigenvalue weighted by Crippen LogP contribution is 2.51. The summed E-state index contributed by atoms with van der Waals surface area (Å²) in [5, 5.41) is 0. The molecule has 0 spiro atoms. The maximum Gasteiger partial charge on any atom is 0.338 e. The third-order valence-corrected chi connectivity index (χ3v) is 6.54. The van der Waals surface area contributed by atoms with Crippen LogP contribution >= 0.6 is 0 Å². The molecule has 1 aliphatic carbocycles. The minimum atomic E-state index is -0.291. The molecule has 3 aliphatic rings. The standard InChI is InChI=1S/C20H29NO4/c1-19(2)14-9-10-20(3,21(19)4)12-17(14)25-18(22)13-7-8-15(23-5)16(11-13)24-6/h7-8,11,14,17H,9-10,12H2,1-6H3/t14-,17-,20+/m1/s1. The van der Waals surface area contributed by atoms with E-state index in [1.165, 1.54) is 0 Å². The molecule has 5 heteroatoms. The summed E-state index contributed by atoms with van der Waals surface area (Å²) in [6, 6.07) is 5.15. The van der Waals surface area contributed by atoms with Crippen molar-refractivity contribution >= 4 is 5.97 Å². The monoisotopic (exact) mass is 347 g/mol. The van der Waals surface area contributed by atoms with Crippen molar-refractivity contribution in [3.05, 3.63) is 23.8 Å². The minimum Gasteiger partial charge on any atom is -0.493 e. The molecule has 3 fully saturated rings. The predicted octanol–water partition coefficient (Wildman–Crippen LogP) is 3.51. The fourth-order valence-electron chi connectivity index (χ4n) is 4.68. The number of hydrogen-bond donors (Lipinski definition) is 0. The third kappa shape index (κ3) is 2.88. The molecule has 3 atom stereocenters. The second-order valence-electron chi connectivity index (χ2n) is 8.07. The minimum absolute atomic E-state index is 0.0216. The summed E-state index contributed by atoms with van der Waals surface area (Å²) in [4.78, 5) is 15.2. The Balaban J connectivity index is 1.80. The van der Waals surface area contributed by atoms with Crippen molar-refractivity contribution in [1.82, 2.24) is 4.90 Å². The third-order valence-electron chi connectivity index (χ3n) is 6.54. The van der Waals surface area contributed by atoms with E-state index >= 15 is 0 Å². The predicted molar refractivity (Wildman–Crippen MR) is 96.3 cm³/mol. The van der Waals surface area contributed by atoms with Crippen LogP contribution in [0.4, 0.5) is 0 Å². The largest absolute Gasteiger partial charge is 0.493 e. The molecule has 4 rings (SSSR count). The summed E-state index contributed by atoms with van der Waals surface area (Å²) >= 11 is 0. The van der Waals surface area contributed by atoms with Crippen molar-refractivity contribution in [3.8, 4) is 11.5 Å². The molecule has 0 amide bonds. The lowest BCUT2D eigenvalue weighted by molar-refractivity contribution is -0.162. The Kier molecular flexibility index (Phi) is 4.48. The number of fused-ring (bicyclic) bond motifs is 3. The average Bonchev–Trinajstić information content (AvgIpc) is 2.58. The Labute approximate surface area is 150 Å². The molecule has 138 valence electrons. The highest BCUT2D eigenvalue weighted by atomic mass is 16.5. The molecule has 1 saturated carbocycles. The molecule has 0 radical (unpaired) electrons. The Bertz CT molecular complexity index is 667. The zero-order valence-corrected chi connectivity index (χ0v) is 16.1. The van der Waals surface area contributed by atoms with E-state index in [0.717, 1.165) is 19.3 Å². The van der Waals surface area contributed by atoms with Gasteiger partial charge in [-0.3, -0.25) is 4.90 Å². The number of hydrogen-bond acceptors (Lipinski definition) is 5. The highest BCUT2D eigenvalue weighted by Gasteiger charge is 2.57. The number of ether oxygens (including phenoxy) is 3. The fourth-order valence-corrected chi connectivity index (χ4v) is 4.68. The second-order valence-corrected chi connectivity index (χ2v) is 8.07. The summed E-state index contributed by atoms with van der Waals surface area (Å²) < 4.78 is 16.5. The van der Waals surface area contributed by atoms with Gasteiger partial charge in [0.25, 0.3) is 0 Å². The van der Waals surface area contributed by atoms with Gasteiger partial charge >= 0.3 is 5.97 Å². The van der Waals surface area contributed by atoms with E-state index in [1.807, 2.05) is 0 Å². The van der Waals surface area contributed by atoms with Crippen molar-refractivity contribution in [2.45, 2.75) is 57.2 Å². The van der Waals surface area contributed by atoms with E-state index in [-0.39, 0.29) is 23.2 Å². The van der Waals surface area contributed by atoms with Crippen LogP contribution in [0.1, 0.15) is 50.4 Å². The van der Waals surface area contributed by atoms with Crippen LogP contribution in [-0.2, 0) is 4.74 Å². The van der Waals surface area contributed by atoms with Gasteiger partial charge in [0.1, 0.15) is 6.10 Å². The Morgan fingerprint density at radius 2 is 1.84 bits per heavy atom. The number of methoxy groups -OCH3 is 2. The molecule has 0 N–H and O–H groups in total. The number of benzene rings is 1. The van der Waals surface area contributed by atoms with Gasteiger partial charge in [0.05, 0.1) is 19.8 Å². The first-order chi connectivity index (χ1) is 11.7. The summed E-state index contributed by atoms with van der Waals surface area (Å²) in [5.74, 6) is 1.20. The van der Waals surface area contributed by atoms with Crippen molar-refractivity contribution in [3.63, 3.8) is 0 Å². The van der Waals surface area contributed by atoms with Gasteiger partial charge in [0.15, 0.2) is 11.5 Å². The maximum atomic E-state index is 12.7. The maximum absolute atomic E-state index is 12.7. The van der Waals surface area contributed by atoms with Gasteiger partial charge in [-0.15, -0.1) is 0 Å². The van der Waals surface area contributed by atoms with Crippen molar-refractivity contribution in [2.75, 3.05) is 21.3 Å². The van der Waals surface area contributed by atoms with E-state index < -0.39 is 0 Å². The molecule has 2 aliphatic heterocycles. The van der Waals surface area contributed by atoms with Crippen LogP contribution in [0.2, 0.25) is 0 Å². The zero-order valence-electron chi connectivity index (χ0n) is 16.1. The lowest BCUT2D eigenvalue weighted by Gasteiger charge is -2.63. The van der Waals surface area contributed by atoms with E-state index in [0.29, 0.717) is 23.0 Å². The highest BCUT2D eigenvalue weighted by molar-refractivity contribution is 5.90. The molecule has 0 unspecified atom stereocenters. The Morgan fingerprint density at radius 3 is 2.44 bits per heavy atom. The summed E-state index contributed by atoms with van der Waals surface area (Å²) in [5.41, 5.74) is 0.601. The molecule has 2 saturated heterocycles. The van der Waals surface area contributed by atoms with Gasteiger partial charge in [0.2, 0.25) is 0 Å². The number of piperidine rings is 2. The topological polar surface area (TPSA) is 48.0 Å². The smallest absolute Gasteiger partial charge is 0.338 e.